The van der Waals surface area contributed by atoms with Gasteiger partial charge in [-0.3, -0.25) is 0 Å². The van der Waals surface area contributed by atoms with E-state index in [4.69, 9.17) is 4.65 Å². The zero-order valence-corrected chi connectivity index (χ0v) is 12.5. The number of hydrogen-bond donors (Lipinski definition) is 2. The van der Waals surface area contributed by atoms with Crippen LogP contribution >= 0.6 is 0 Å². The summed E-state index contributed by atoms with van der Waals surface area (Å²) >= 11 is 0. The molecular weight excluding hydrogens is 263 g/mol. The molecule has 2 rings (SSSR count). The molecule has 1 atom stereocenters. The van der Waals surface area contributed by atoms with Gasteiger partial charge in [-0.05, 0) is 37.0 Å². The maximum absolute atomic E-state index is 9.53. The van der Waals surface area contributed by atoms with Crippen LogP contribution in [0.25, 0.3) is 6.08 Å². The third kappa shape index (κ3) is 5.41. The zero-order chi connectivity index (χ0) is 15.1. The monoisotopic (exact) mass is 286 g/mol. The highest BCUT2D eigenvalue weighted by atomic mass is 16.5. The van der Waals surface area contributed by atoms with E-state index in [1.807, 2.05) is 24.3 Å². The molecule has 4 heteroatoms. The van der Waals surface area contributed by atoms with Gasteiger partial charge >= 0.3 is 7.12 Å². The summed E-state index contributed by atoms with van der Waals surface area (Å²) < 4.78 is 5.49. The first-order valence-corrected chi connectivity index (χ1v) is 7.66. The van der Waals surface area contributed by atoms with E-state index in [-0.39, 0.29) is 6.10 Å². The second kappa shape index (κ2) is 8.06. The summed E-state index contributed by atoms with van der Waals surface area (Å²) in [5.41, 5.74) is 2.37. The number of aromatic hydroxyl groups is 1. The number of hydrogen-bond acceptors (Lipinski definition) is 3. The predicted octanol–water partition coefficient (Wildman–Crippen LogP) is 3.79. The van der Waals surface area contributed by atoms with Gasteiger partial charge in [0.2, 0.25) is 0 Å². The van der Waals surface area contributed by atoms with Crippen molar-refractivity contribution >= 4 is 13.2 Å². The van der Waals surface area contributed by atoms with Gasteiger partial charge in [0.05, 0.1) is 6.10 Å². The molecule has 0 saturated carbocycles. The molecule has 1 aromatic carbocycles. The summed E-state index contributed by atoms with van der Waals surface area (Å²) in [6, 6.07) is 7.31. The van der Waals surface area contributed by atoms with E-state index in [0.717, 1.165) is 31.2 Å². The van der Waals surface area contributed by atoms with Crippen LogP contribution in [0.3, 0.4) is 0 Å². The average Bonchev–Trinajstić information content (AvgIpc) is 2.45. The molecule has 0 saturated heterocycles. The molecule has 1 heterocycles. The summed E-state index contributed by atoms with van der Waals surface area (Å²) in [5.74, 6) is 0.293. The van der Waals surface area contributed by atoms with Crippen molar-refractivity contribution in [3.63, 3.8) is 0 Å². The van der Waals surface area contributed by atoms with E-state index in [2.05, 4.69) is 13.0 Å². The number of phenols is 1. The Morgan fingerprint density at radius 2 is 2.29 bits per heavy atom. The van der Waals surface area contributed by atoms with Crippen LogP contribution < -0.4 is 0 Å². The highest BCUT2D eigenvalue weighted by Gasteiger charge is 2.20. The van der Waals surface area contributed by atoms with Gasteiger partial charge in [0.25, 0.3) is 0 Å². The van der Waals surface area contributed by atoms with Crippen LogP contribution in [0, 0.1) is 0 Å². The van der Waals surface area contributed by atoms with E-state index in [9.17, 15) is 10.1 Å². The van der Waals surface area contributed by atoms with Gasteiger partial charge in [-0.1, -0.05) is 49.3 Å². The van der Waals surface area contributed by atoms with Crippen LogP contribution in [0.2, 0.25) is 6.32 Å². The highest BCUT2D eigenvalue weighted by Crippen LogP contribution is 2.22. The molecular formula is C17H23BO3. The molecule has 0 aliphatic carbocycles. The third-order valence-corrected chi connectivity index (χ3v) is 3.58. The van der Waals surface area contributed by atoms with Crippen molar-refractivity contribution < 1.29 is 14.8 Å². The summed E-state index contributed by atoms with van der Waals surface area (Å²) in [5, 5.41) is 19.0. The van der Waals surface area contributed by atoms with Crippen molar-refractivity contribution in [3.8, 4) is 5.75 Å². The minimum atomic E-state index is -0.662. The Morgan fingerprint density at radius 3 is 3.00 bits per heavy atom. The molecule has 0 spiro atoms. The molecule has 1 aliphatic rings. The minimum absolute atomic E-state index is 0.00168. The number of benzene rings is 1. The third-order valence-electron chi connectivity index (χ3n) is 3.58. The van der Waals surface area contributed by atoms with Gasteiger partial charge in [0, 0.05) is 6.32 Å². The molecule has 1 aromatic rings. The van der Waals surface area contributed by atoms with E-state index >= 15 is 0 Å². The lowest BCUT2D eigenvalue weighted by atomic mass is 9.82. The lowest BCUT2D eigenvalue weighted by Crippen LogP contribution is -2.27. The number of phenolic OH excluding ortho intramolecular Hbond substituents is 1. The lowest BCUT2D eigenvalue weighted by molar-refractivity contribution is 0.192. The molecule has 1 aliphatic heterocycles. The van der Waals surface area contributed by atoms with Gasteiger partial charge in [-0.25, -0.2) is 0 Å². The van der Waals surface area contributed by atoms with Crippen LogP contribution in [-0.2, 0) is 4.65 Å². The second-order valence-corrected chi connectivity index (χ2v) is 5.48. The van der Waals surface area contributed by atoms with E-state index < -0.39 is 7.12 Å². The fourth-order valence-electron chi connectivity index (χ4n) is 2.58. The van der Waals surface area contributed by atoms with Crippen molar-refractivity contribution in [3.05, 3.63) is 47.6 Å². The first-order valence-electron chi connectivity index (χ1n) is 7.66. The first kappa shape index (κ1) is 15.9. The maximum Gasteiger partial charge on any atom is 0.458 e. The molecule has 3 nitrogen and oxygen atoms in total. The molecule has 2 N–H and O–H groups in total. The van der Waals surface area contributed by atoms with Crippen molar-refractivity contribution in [1.82, 2.24) is 0 Å². The van der Waals surface area contributed by atoms with Crippen molar-refractivity contribution in [2.75, 3.05) is 0 Å². The SMILES string of the molecule is CCC/C(=C\c1cccc(O)c1)CC[C@@H]1C=CCB(O)O1. The zero-order valence-electron chi connectivity index (χ0n) is 12.5. The van der Waals surface area contributed by atoms with Crippen molar-refractivity contribution in [2.24, 2.45) is 0 Å². The summed E-state index contributed by atoms with van der Waals surface area (Å²) in [7, 11) is -0.662. The molecule has 0 fully saturated rings. The standard InChI is InChI=1S/C17H23BO3/c1-2-5-14(12-15-6-3-7-16(19)13-15)9-10-17-8-4-11-18(20)21-17/h3-4,6-8,12-13,17,19-20H,2,5,9-11H2,1H3/b14-12+/t17-/m0/s1. The normalized spacial score (nSPS) is 19.0. The molecule has 0 aromatic heterocycles. The van der Waals surface area contributed by atoms with Gasteiger partial charge < -0.3 is 14.8 Å². The molecule has 0 radical (unpaired) electrons. The Kier molecular flexibility index (Phi) is 6.09. The van der Waals surface area contributed by atoms with Crippen LogP contribution in [0.15, 0.2) is 42.0 Å². The second-order valence-electron chi connectivity index (χ2n) is 5.48. The Balaban J connectivity index is 1.98. The number of rotatable bonds is 6. The predicted molar refractivity (Wildman–Crippen MR) is 87.0 cm³/mol. The van der Waals surface area contributed by atoms with Crippen LogP contribution in [0.4, 0.5) is 0 Å². The molecule has 0 amide bonds. The quantitative estimate of drug-likeness (QED) is 0.618. The average molecular weight is 286 g/mol. The number of allylic oxidation sites excluding steroid dienone is 2. The Labute approximate surface area is 127 Å². The van der Waals surface area contributed by atoms with Crippen molar-refractivity contribution in [1.29, 1.82) is 0 Å². The Morgan fingerprint density at radius 1 is 1.43 bits per heavy atom. The van der Waals surface area contributed by atoms with Gasteiger partial charge in [0.15, 0.2) is 0 Å². The summed E-state index contributed by atoms with van der Waals surface area (Å²) in [6.07, 6.45) is 10.7. The minimum Gasteiger partial charge on any atom is -0.508 e. The largest absolute Gasteiger partial charge is 0.508 e. The van der Waals surface area contributed by atoms with Crippen molar-refractivity contribution in [2.45, 2.75) is 45.0 Å². The Hall–Kier alpha value is -1.52. The summed E-state index contributed by atoms with van der Waals surface area (Å²) in [4.78, 5) is 0. The smallest absolute Gasteiger partial charge is 0.458 e. The fourth-order valence-corrected chi connectivity index (χ4v) is 2.58. The fraction of sp³-hybridized carbons (Fsp3) is 0.412. The van der Waals surface area contributed by atoms with Crippen LogP contribution in [0.5, 0.6) is 5.75 Å². The Bertz CT molecular complexity index is 511. The van der Waals surface area contributed by atoms with Gasteiger partial charge in [0.1, 0.15) is 5.75 Å². The van der Waals surface area contributed by atoms with Gasteiger partial charge in [-0.2, -0.15) is 0 Å². The van der Waals surface area contributed by atoms with E-state index in [1.165, 1.54) is 5.57 Å². The molecule has 0 unspecified atom stereocenters. The summed E-state index contributed by atoms with van der Waals surface area (Å²) in [6.45, 7) is 2.16. The highest BCUT2D eigenvalue weighted by molar-refractivity contribution is 6.43. The molecule has 21 heavy (non-hydrogen) atoms. The maximum atomic E-state index is 9.53. The van der Waals surface area contributed by atoms with E-state index in [1.54, 1.807) is 12.1 Å². The lowest BCUT2D eigenvalue weighted by Gasteiger charge is -2.20. The first-order chi connectivity index (χ1) is 10.2. The topological polar surface area (TPSA) is 49.7 Å². The van der Waals surface area contributed by atoms with Crippen LogP contribution in [0.1, 0.15) is 38.2 Å². The van der Waals surface area contributed by atoms with E-state index in [0.29, 0.717) is 12.1 Å². The molecule has 0 bridgehead atoms. The van der Waals surface area contributed by atoms with Gasteiger partial charge in [-0.15, -0.1) is 0 Å². The molecule has 112 valence electrons. The van der Waals surface area contributed by atoms with Crippen LogP contribution in [-0.4, -0.2) is 23.4 Å².